The summed E-state index contributed by atoms with van der Waals surface area (Å²) in [6.45, 7) is 0.776. The summed E-state index contributed by atoms with van der Waals surface area (Å²) >= 11 is 0. The molecule has 42 valence electrons. The molecule has 0 fully saturated rings. The highest BCUT2D eigenvalue weighted by Crippen LogP contribution is 2.20. The van der Waals surface area contributed by atoms with Crippen LogP contribution in [-0.2, 0) is 9.13 Å². The van der Waals surface area contributed by atoms with Crippen LogP contribution in [0.4, 0.5) is 0 Å². The quantitative estimate of drug-likeness (QED) is 0.375. The molecule has 0 amide bonds. The van der Waals surface area contributed by atoms with Crippen molar-refractivity contribution in [2.45, 2.75) is 12.5 Å². The normalized spacial score (nSPS) is 11.3. The first-order valence-corrected chi connectivity index (χ1v) is 2.71. The highest BCUT2D eigenvalue weighted by atomic mass is 31.1. The van der Waals surface area contributed by atoms with Gasteiger partial charge in [0.15, 0.2) is 0 Å². The van der Waals surface area contributed by atoms with Crippen molar-refractivity contribution in [1.29, 1.82) is 0 Å². The average Bonchev–Trinajstić information content (AvgIpc) is 1.31. The van der Waals surface area contributed by atoms with Crippen molar-refractivity contribution in [1.82, 2.24) is 0 Å². The monoisotopic (exact) mass is 124 g/mol. The SMILES string of the molecule is CC(O)(O)P(=O)=O. The molecule has 0 radical (unpaired) electrons. The molecule has 2 N–H and O–H groups in total. The van der Waals surface area contributed by atoms with Crippen LogP contribution in [0.15, 0.2) is 0 Å². The van der Waals surface area contributed by atoms with Gasteiger partial charge in [0.1, 0.15) is 0 Å². The van der Waals surface area contributed by atoms with E-state index in [2.05, 4.69) is 0 Å². The third kappa shape index (κ3) is 2.51. The lowest BCUT2D eigenvalue weighted by atomic mass is 10.8. The largest absolute Gasteiger partial charge is 0.376 e. The predicted molar refractivity (Wildman–Crippen MR) is 21.1 cm³/mol. The maximum atomic E-state index is 9.56. The lowest BCUT2D eigenvalue weighted by Gasteiger charge is -2.00. The summed E-state index contributed by atoms with van der Waals surface area (Å²) in [5.74, 6) is 0. The highest BCUT2D eigenvalue weighted by molar-refractivity contribution is 7.32. The van der Waals surface area contributed by atoms with Crippen LogP contribution in [0.25, 0.3) is 0 Å². The van der Waals surface area contributed by atoms with E-state index in [-0.39, 0.29) is 0 Å². The first-order valence-electron chi connectivity index (χ1n) is 1.54. The molecule has 0 aromatic heterocycles. The van der Waals surface area contributed by atoms with E-state index in [4.69, 9.17) is 10.2 Å². The molecule has 0 saturated heterocycles. The minimum atomic E-state index is -3.13. The van der Waals surface area contributed by atoms with Gasteiger partial charge in [-0.15, -0.1) is 0 Å². The van der Waals surface area contributed by atoms with E-state index in [0.29, 0.717) is 0 Å². The van der Waals surface area contributed by atoms with Crippen molar-refractivity contribution in [2.24, 2.45) is 0 Å². The first-order chi connectivity index (χ1) is 2.94. The van der Waals surface area contributed by atoms with Gasteiger partial charge >= 0.3 is 7.68 Å². The van der Waals surface area contributed by atoms with Crippen LogP contribution in [-0.4, -0.2) is 15.7 Å². The van der Waals surface area contributed by atoms with E-state index in [1.165, 1.54) is 0 Å². The highest BCUT2D eigenvalue weighted by Gasteiger charge is 2.21. The van der Waals surface area contributed by atoms with Crippen LogP contribution >= 0.6 is 7.68 Å². The molecule has 0 atom stereocenters. The second-order valence-corrected chi connectivity index (χ2v) is 2.59. The third-order valence-corrected chi connectivity index (χ3v) is 1.04. The molecular formula is C2H5O4P. The van der Waals surface area contributed by atoms with Gasteiger partial charge in [-0.1, -0.05) is 0 Å². The molecular weight excluding hydrogens is 119 g/mol. The average molecular weight is 124 g/mol. The van der Waals surface area contributed by atoms with Crippen molar-refractivity contribution < 1.29 is 19.3 Å². The summed E-state index contributed by atoms with van der Waals surface area (Å²) in [5.41, 5.74) is -2.55. The molecule has 5 heteroatoms. The summed E-state index contributed by atoms with van der Waals surface area (Å²) in [5, 5.41) is 16.1. The van der Waals surface area contributed by atoms with Gasteiger partial charge in [-0.3, -0.25) is 0 Å². The zero-order valence-electron chi connectivity index (χ0n) is 3.66. The van der Waals surface area contributed by atoms with Gasteiger partial charge in [0.2, 0.25) is 0 Å². The van der Waals surface area contributed by atoms with Crippen LogP contribution in [0.5, 0.6) is 0 Å². The van der Waals surface area contributed by atoms with Crippen molar-refractivity contribution in [3.05, 3.63) is 0 Å². The van der Waals surface area contributed by atoms with Crippen LogP contribution in [0.1, 0.15) is 6.92 Å². The van der Waals surface area contributed by atoms with Crippen LogP contribution in [0.2, 0.25) is 0 Å². The van der Waals surface area contributed by atoms with Crippen molar-refractivity contribution >= 4 is 7.68 Å². The molecule has 0 aromatic carbocycles. The molecule has 0 aliphatic carbocycles. The van der Waals surface area contributed by atoms with Gasteiger partial charge in [0, 0.05) is 6.92 Å². The molecule has 0 unspecified atom stereocenters. The maximum Gasteiger partial charge on any atom is 0.376 e. The summed E-state index contributed by atoms with van der Waals surface area (Å²) in [7, 11) is -3.13. The van der Waals surface area contributed by atoms with Gasteiger partial charge in [-0.2, -0.15) is 0 Å². The second kappa shape index (κ2) is 1.74. The Kier molecular flexibility index (Phi) is 1.69. The van der Waals surface area contributed by atoms with Crippen LogP contribution in [0.3, 0.4) is 0 Å². The van der Waals surface area contributed by atoms with Crippen LogP contribution < -0.4 is 0 Å². The van der Waals surface area contributed by atoms with E-state index in [1.807, 2.05) is 0 Å². The fraction of sp³-hybridized carbons (Fsp3) is 1.00. The van der Waals surface area contributed by atoms with Gasteiger partial charge in [-0.05, 0) is 0 Å². The topological polar surface area (TPSA) is 74.6 Å². The molecule has 4 nitrogen and oxygen atoms in total. The van der Waals surface area contributed by atoms with Crippen LogP contribution in [0, 0.1) is 0 Å². The Hall–Kier alpha value is -0.180. The first kappa shape index (κ1) is 6.82. The van der Waals surface area contributed by atoms with Gasteiger partial charge in [0.05, 0.1) is 0 Å². The Morgan fingerprint density at radius 3 is 1.57 bits per heavy atom. The van der Waals surface area contributed by atoms with Crippen molar-refractivity contribution in [3.63, 3.8) is 0 Å². The Labute approximate surface area is 40.6 Å². The molecule has 0 rings (SSSR count). The fourth-order valence-electron chi connectivity index (χ4n) is 0. The molecule has 0 saturated carbocycles. The molecule has 0 aromatic rings. The summed E-state index contributed by atoms with van der Waals surface area (Å²) in [6, 6.07) is 0. The van der Waals surface area contributed by atoms with Gasteiger partial charge in [-0.25, -0.2) is 9.13 Å². The van der Waals surface area contributed by atoms with E-state index in [0.717, 1.165) is 6.92 Å². The Morgan fingerprint density at radius 2 is 1.57 bits per heavy atom. The Bertz CT molecular complexity index is 110. The zero-order chi connectivity index (χ0) is 6.08. The van der Waals surface area contributed by atoms with E-state index in [9.17, 15) is 9.13 Å². The molecule has 0 bridgehead atoms. The fourth-order valence-corrected chi connectivity index (χ4v) is 0. The molecule has 0 aliphatic heterocycles. The van der Waals surface area contributed by atoms with E-state index in [1.54, 1.807) is 0 Å². The minimum absolute atomic E-state index is 0.776. The number of aliphatic hydroxyl groups is 2. The van der Waals surface area contributed by atoms with Crippen molar-refractivity contribution in [2.75, 3.05) is 0 Å². The summed E-state index contributed by atoms with van der Waals surface area (Å²) in [4.78, 5) is 0. The molecule has 0 aliphatic rings. The lowest BCUT2D eigenvalue weighted by molar-refractivity contribution is -0.0694. The van der Waals surface area contributed by atoms with Gasteiger partial charge < -0.3 is 10.2 Å². The summed E-state index contributed by atoms with van der Waals surface area (Å²) in [6.07, 6.45) is 0. The standard InChI is InChI=1S/C2H5O4P/c1-2(3,4)7(5)6/h3-4H,1H3. The number of rotatable bonds is 1. The predicted octanol–water partition coefficient (Wildman–Crippen LogP) is -0.182. The second-order valence-electron chi connectivity index (χ2n) is 1.23. The molecule has 0 heterocycles. The molecule has 0 spiro atoms. The van der Waals surface area contributed by atoms with E-state index < -0.39 is 13.2 Å². The van der Waals surface area contributed by atoms with Crippen molar-refractivity contribution in [3.8, 4) is 0 Å². The third-order valence-electron chi connectivity index (χ3n) is 0.346. The minimum Gasteiger partial charge on any atom is -0.354 e. The Morgan fingerprint density at radius 1 is 1.43 bits per heavy atom. The Balaban J connectivity index is 4.08. The van der Waals surface area contributed by atoms with Gasteiger partial charge in [0.25, 0.3) is 5.53 Å². The zero-order valence-corrected chi connectivity index (χ0v) is 4.55. The molecule has 7 heavy (non-hydrogen) atoms. The van der Waals surface area contributed by atoms with E-state index >= 15 is 0 Å². The number of hydrogen-bond donors (Lipinski definition) is 2. The maximum absolute atomic E-state index is 9.56. The smallest absolute Gasteiger partial charge is 0.354 e. The number of hydrogen-bond acceptors (Lipinski definition) is 4. The summed E-state index contributed by atoms with van der Waals surface area (Å²) < 4.78 is 19.1. The lowest BCUT2D eigenvalue weighted by Crippen LogP contribution is -2.13.